The standard InChI is InChI=1S/C16H23NO2/c1-16(2,3)13-8-6-12(7-9-13)15(19)17-10-14(18)11-4-5-11/h6-9,11,14,18H,4-5,10H2,1-3H3,(H,17,19). The fraction of sp³-hybridized carbons (Fsp3) is 0.562. The molecule has 0 radical (unpaired) electrons. The second-order valence-electron chi connectivity index (χ2n) is 6.44. The van der Waals surface area contributed by atoms with Gasteiger partial charge in [-0.1, -0.05) is 32.9 Å². The van der Waals surface area contributed by atoms with Crippen molar-refractivity contribution in [3.05, 3.63) is 35.4 Å². The Morgan fingerprint density at radius 3 is 2.37 bits per heavy atom. The summed E-state index contributed by atoms with van der Waals surface area (Å²) in [6.45, 7) is 6.79. The van der Waals surface area contributed by atoms with Crippen molar-refractivity contribution in [2.24, 2.45) is 5.92 Å². The normalized spacial score (nSPS) is 17.1. The lowest BCUT2D eigenvalue weighted by atomic mass is 9.87. The van der Waals surface area contributed by atoms with Crippen LogP contribution >= 0.6 is 0 Å². The molecular weight excluding hydrogens is 238 g/mol. The molecule has 0 aromatic heterocycles. The van der Waals surface area contributed by atoms with Crippen molar-refractivity contribution in [3.8, 4) is 0 Å². The summed E-state index contributed by atoms with van der Waals surface area (Å²) >= 11 is 0. The molecule has 1 saturated carbocycles. The Kier molecular flexibility index (Phi) is 3.95. The summed E-state index contributed by atoms with van der Waals surface area (Å²) in [5.74, 6) is 0.281. The highest BCUT2D eigenvalue weighted by Gasteiger charge is 2.29. The van der Waals surface area contributed by atoms with Gasteiger partial charge in [0.15, 0.2) is 0 Å². The van der Waals surface area contributed by atoms with E-state index in [2.05, 4.69) is 26.1 Å². The zero-order valence-electron chi connectivity index (χ0n) is 11.9. The van der Waals surface area contributed by atoms with Crippen molar-refractivity contribution >= 4 is 5.91 Å². The minimum atomic E-state index is -0.391. The minimum absolute atomic E-state index is 0.0944. The second-order valence-corrected chi connectivity index (χ2v) is 6.44. The average molecular weight is 261 g/mol. The highest BCUT2D eigenvalue weighted by atomic mass is 16.3. The maximum atomic E-state index is 11.9. The summed E-state index contributed by atoms with van der Waals surface area (Å²) in [4.78, 5) is 11.9. The summed E-state index contributed by atoms with van der Waals surface area (Å²) in [5.41, 5.74) is 1.95. The van der Waals surface area contributed by atoms with Crippen LogP contribution in [-0.2, 0) is 5.41 Å². The molecular formula is C16H23NO2. The lowest BCUT2D eigenvalue weighted by Crippen LogP contribution is -2.33. The highest BCUT2D eigenvalue weighted by Crippen LogP contribution is 2.32. The molecule has 104 valence electrons. The van der Waals surface area contributed by atoms with Gasteiger partial charge in [-0.2, -0.15) is 0 Å². The molecule has 1 aromatic rings. The first-order valence-electron chi connectivity index (χ1n) is 6.95. The van der Waals surface area contributed by atoms with Crippen LogP contribution in [0.3, 0.4) is 0 Å². The van der Waals surface area contributed by atoms with E-state index in [9.17, 15) is 9.90 Å². The number of amides is 1. The minimum Gasteiger partial charge on any atom is -0.391 e. The van der Waals surface area contributed by atoms with Crippen LogP contribution in [0, 0.1) is 5.92 Å². The molecule has 1 aliphatic carbocycles. The van der Waals surface area contributed by atoms with E-state index in [0.29, 0.717) is 18.0 Å². The maximum Gasteiger partial charge on any atom is 0.251 e. The van der Waals surface area contributed by atoms with Crippen molar-refractivity contribution in [2.45, 2.75) is 45.1 Å². The van der Waals surface area contributed by atoms with Gasteiger partial charge in [-0.25, -0.2) is 0 Å². The van der Waals surface area contributed by atoms with Crippen LogP contribution in [0.1, 0.15) is 49.5 Å². The van der Waals surface area contributed by atoms with Crippen molar-refractivity contribution < 1.29 is 9.90 Å². The summed E-state index contributed by atoms with van der Waals surface area (Å²) in [7, 11) is 0. The van der Waals surface area contributed by atoms with Crippen LogP contribution in [0.25, 0.3) is 0 Å². The number of carbonyl (C=O) groups is 1. The number of rotatable bonds is 4. The van der Waals surface area contributed by atoms with Gasteiger partial charge in [0, 0.05) is 12.1 Å². The molecule has 1 amide bonds. The molecule has 19 heavy (non-hydrogen) atoms. The molecule has 1 unspecified atom stereocenters. The van der Waals surface area contributed by atoms with Crippen LogP contribution in [0.2, 0.25) is 0 Å². The van der Waals surface area contributed by atoms with Gasteiger partial charge in [0.1, 0.15) is 0 Å². The predicted octanol–water partition coefficient (Wildman–Crippen LogP) is 2.48. The van der Waals surface area contributed by atoms with Crippen LogP contribution in [0.5, 0.6) is 0 Å². The molecule has 1 aromatic carbocycles. The first-order valence-corrected chi connectivity index (χ1v) is 6.95. The third kappa shape index (κ3) is 3.80. The van der Waals surface area contributed by atoms with Gasteiger partial charge >= 0.3 is 0 Å². The van der Waals surface area contributed by atoms with E-state index < -0.39 is 6.10 Å². The largest absolute Gasteiger partial charge is 0.391 e. The van der Waals surface area contributed by atoms with Gasteiger partial charge in [0.25, 0.3) is 5.91 Å². The Morgan fingerprint density at radius 2 is 1.89 bits per heavy atom. The third-order valence-corrected chi connectivity index (χ3v) is 3.65. The van der Waals surface area contributed by atoms with E-state index in [-0.39, 0.29) is 11.3 Å². The fourth-order valence-corrected chi connectivity index (χ4v) is 2.07. The fourth-order valence-electron chi connectivity index (χ4n) is 2.07. The van der Waals surface area contributed by atoms with Gasteiger partial charge in [0.2, 0.25) is 0 Å². The molecule has 0 bridgehead atoms. The van der Waals surface area contributed by atoms with Crippen molar-refractivity contribution in [2.75, 3.05) is 6.54 Å². The van der Waals surface area contributed by atoms with E-state index in [1.165, 1.54) is 5.56 Å². The number of hydrogen-bond acceptors (Lipinski definition) is 2. The summed E-state index contributed by atoms with van der Waals surface area (Å²) in [6.07, 6.45) is 1.77. The van der Waals surface area contributed by atoms with Crippen LogP contribution < -0.4 is 5.32 Å². The highest BCUT2D eigenvalue weighted by molar-refractivity contribution is 5.94. The van der Waals surface area contributed by atoms with Crippen LogP contribution in [0.4, 0.5) is 0 Å². The Balaban J connectivity index is 1.91. The maximum absolute atomic E-state index is 11.9. The molecule has 1 fully saturated rings. The summed E-state index contributed by atoms with van der Waals surface area (Å²) in [5, 5.41) is 12.5. The topological polar surface area (TPSA) is 49.3 Å². The molecule has 1 atom stereocenters. The zero-order chi connectivity index (χ0) is 14.0. The Morgan fingerprint density at radius 1 is 1.32 bits per heavy atom. The van der Waals surface area contributed by atoms with E-state index in [1.54, 1.807) is 0 Å². The van der Waals surface area contributed by atoms with Crippen LogP contribution in [0.15, 0.2) is 24.3 Å². The molecule has 0 spiro atoms. The number of hydrogen-bond donors (Lipinski definition) is 2. The molecule has 2 N–H and O–H groups in total. The number of aliphatic hydroxyl groups is 1. The van der Waals surface area contributed by atoms with Gasteiger partial charge < -0.3 is 10.4 Å². The van der Waals surface area contributed by atoms with E-state index in [0.717, 1.165) is 12.8 Å². The summed E-state index contributed by atoms with van der Waals surface area (Å²) < 4.78 is 0. The average Bonchev–Trinajstić information content (AvgIpc) is 3.19. The quantitative estimate of drug-likeness (QED) is 0.875. The predicted molar refractivity (Wildman–Crippen MR) is 76.2 cm³/mol. The van der Waals surface area contributed by atoms with Gasteiger partial charge in [0.05, 0.1) is 6.10 Å². The number of nitrogens with one attached hydrogen (secondary N) is 1. The number of carbonyl (C=O) groups excluding carboxylic acids is 1. The first kappa shape index (κ1) is 14.1. The van der Waals surface area contributed by atoms with E-state index >= 15 is 0 Å². The van der Waals surface area contributed by atoms with Crippen molar-refractivity contribution in [1.82, 2.24) is 5.32 Å². The molecule has 3 nitrogen and oxygen atoms in total. The smallest absolute Gasteiger partial charge is 0.251 e. The van der Waals surface area contributed by atoms with E-state index in [1.807, 2.05) is 24.3 Å². The SMILES string of the molecule is CC(C)(C)c1ccc(C(=O)NCC(O)C2CC2)cc1. The Hall–Kier alpha value is -1.35. The molecule has 3 heteroatoms. The van der Waals surface area contributed by atoms with Crippen molar-refractivity contribution in [1.29, 1.82) is 0 Å². The van der Waals surface area contributed by atoms with Gasteiger partial charge in [-0.15, -0.1) is 0 Å². The Bertz CT molecular complexity index is 441. The van der Waals surface area contributed by atoms with Gasteiger partial charge in [-0.05, 0) is 41.9 Å². The van der Waals surface area contributed by atoms with Gasteiger partial charge in [-0.3, -0.25) is 4.79 Å². The summed E-state index contributed by atoms with van der Waals surface area (Å²) in [6, 6.07) is 7.68. The third-order valence-electron chi connectivity index (χ3n) is 3.65. The molecule has 0 saturated heterocycles. The second kappa shape index (κ2) is 5.33. The lowest BCUT2D eigenvalue weighted by Gasteiger charge is -2.19. The molecule has 0 heterocycles. The first-order chi connectivity index (χ1) is 8.88. The Labute approximate surface area is 115 Å². The number of benzene rings is 1. The van der Waals surface area contributed by atoms with Crippen molar-refractivity contribution in [3.63, 3.8) is 0 Å². The number of aliphatic hydroxyl groups excluding tert-OH is 1. The molecule has 2 rings (SSSR count). The lowest BCUT2D eigenvalue weighted by molar-refractivity contribution is 0.0901. The zero-order valence-corrected chi connectivity index (χ0v) is 11.9. The molecule has 0 aliphatic heterocycles. The monoisotopic (exact) mass is 261 g/mol. The molecule has 1 aliphatic rings. The van der Waals surface area contributed by atoms with E-state index in [4.69, 9.17) is 0 Å². The van der Waals surface area contributed by atoms with Crippen LogP contribution in [-0.4, -0.2) is 23.7 Å².